The van der Waals surface area contributed by atoms with Gasteiger partial charge in [0, 0.05) is 0 Å². The minimum atomic E-state index is -0.976. The summed E-state index contributed by atoms with van der Waals surface area (Å²) in [6, 6.07) is 0. The molecule has 1 aliphatic carbocycles. The molecule has 2 heterocycles. The maximum absolute atomic E-state index is 5.96. The van der Waals surface area contributed by atoms with Crippen LogP contribution in [0.15, 0.2) is 35.1 Å². The number of nitrogens with zero attached hydrogens (tertiary/aromatic N) is 1. The van der Waals surface area contributed by atoms with Crippen LogP contribution in [-0.2, 0) is 2.81 Å². The molecule has 0 saturated carbocycles. The molecule has 1 unspecified atom stereocenters. The quantitative estimate of drug-likeness (QED) is 0.553. The first-order valence-corrected chi connectivity index (χ1v) is 8.69. The summed E-state index contributed by atoms with van der Waals surface area (Å²) in [5.74, 6) is 0. The first kappa shape index (κ1) is 10.1. The van der Waals surface area contributed by atoms with Crippen molar-refractivity contribution in [1.29, 1.82) is 0 Å². The molecule has 1 aromatic heterocycles. The number of hydrogen-bond donors (Lipinski definition) is 0. The van der Waals surface area contributed by atoms with E-state index < -0.39 is 23.7 Å². The van der Waals surface area contributed by atoms with E-state index in [9.17, 15) is 0 Å². The van der Waals surface area contributed by atoms with Crippen LogP contribution in [0, 0.1) is 0 Å². The molecule has 0 aromatic carbocycles. The Morgan fingerprint density at radius 3 is 3.33 bits per heavy atom. The van der Waals surface area contributed by atoms with Crippen molar-refractivity contribution in [2.45, 2.75) is 12.5 Å². The van der Waals surface area contributed by atoms with Crippen LogP contribution in [0.4, 0.5) is 0 Å². The predicted molar refractivity (Wildman–Crippen MR) is 63.9 cm³/mol. The van der Waals surface area contributed by atoms with Crippen LogP contribution in [0.5, 0.6) is 0 Å². The monoisotopic (exact) mass is 458 g/mol. The van der Waals surface area contributed by atoms with Crippen molar-refractivity contribution >= 4 is 48.4 Å². The standard InChI is InChI=1S/C11H8BrNO.Bi/c12-10-7-13-6-5-8(10)9-3-1-2-4-11(9)14;/h1-3,6-7,11H,4H2;/q-1;+1. The van der Waals surface area contributed by atoms with Crippen molar-refractivity contribution in [1.82, 2.24) is 4.98 Å². The van der Waals surface area contributed by atoms with Crippen molar-refractivity contribution in [2.75, 3.05) is 0 Å². The third-order valence-electron chi connectivity index (χ3n) is 2.56. The van der Waals surface area contributed by atoms with Crippen LogP contribution in [-0.4, -0.2) is 34.8 Å². The van der Waals surface area contributed by atoms with Gasteiger partial charge in [0.1, 0.15) is 0 Å². The second-order valence-electron chi connectivity index (χ2n) is 3.49. The van der Waals surface area contributed by atoms with Gasteiger partial charge in [-0.3, -0.25) is 0 Å². The molecule has 0 spiro atoms. The molecule has 2 nitrogen and oxygen atoms in total. The Morgan fingerprint density at radius 2 is 2.40 bits per heavy atom. The van der Waals surface area contributed by atoms with Crippen LogP contribution in [0.25, 0.3) is 5.57 Å². The van der Waals surface area contributed by atoms with E-state index in [1.54, 1.807) is 0 Å². The van der Waals surface area contributed by atoms with Crippen molar-refractivity contribution in [3.05, 3.63) is 40.7 Å². The van der Waals surface area contributed by atoms with E-state index in [0.717, 1.165) is 10.9 Å². The van der Waals surface area contributed by atoms with Gasteiger partial charge in [0.05, 0.1) is 0 Å². The van der Waals surface area contributed by atoms with E-state index in [1.165, 1.54) is 14.4 Å². The van der Waals surface area contributed by atoms with Crippen LogP contribution >= 0.6 is 15.9 Å². The Kier molecular flexibility index (Phi) is 2.76. The van der Waals surface area contributed by atoms with Gasteiger partial charge < -0.3 is 0 Å². The Labute approximate surface area is 109 Å². The molecule has 0 fully saturated rings. The number of hydrogen-bond acceptors (Lipinski definition) is 2. The second kappa shape index (κ2) is 4.08. The normalized spacial score (nSPS) is 23.0. The van der Waals surface area contributed by atoms with Crippen LogP contribution in [0.3, 0.4) is 0 Å². The van der Waals surface area contributed by atoms with Gasteiger partial charge >= 0.3 is 109 Å². The number of pyridine rings is 1. The fourth-order valence-electron chi connectivity index (χ4n) is 1.85. The SMILES string of the molecule is Brc1cnc[c]2c1C1=CC=CCC1[O][Bi]2. The molecular formula is C11H8BiBrNO. The summed E-state index contributed by atoms with van der Waals surface area (Å²) in [6.07, 6.45) is 11.6. The molecule has 0 bridgehead atoms. The summed E-state index contributed by atoms with van der Waals surface area (Å²) >= 11 is 2.61. The molecule has 3 rings (SSSR count). The molecule has 0 N–H and O–H groups in total. The van der Waals surface area contributed by atoms with Gasteiger partial charge in [-0.2, -0.15) is 0 Å². The summed E-state index contributed by atoms with van der Waals surface area (Å²) < 4.78 is 8.42. The summed E-state index contributed by atoms with van der Waals surface area (Å²) in [6.45, 7) is 0. The molecule has 4 heteroatoms. The van der Waals surface area contributed by atoms with Gasteiger partial charge in [-0.15, -0.1) is 0 Å². The van der Waals surface area contributed by atoms with Crippen molar-refractivity contribution in [3.63, 3.8) is 0 Å². The number of halogens is 1. The number of rotatable bonds is 0. The first-order chi connectivity index (χ1) is 7.36. The maximum atomic E-state index is 5.96. The van der Waals surface area contributed by atoms with Gasteiger partial charge in [0.15, 0.2) is 0 Å². The topological polar surface area (TPSA) is 22.1 Å². The fourth-order valence-corrected chi connectivity index (χ4v) is 6.52. The van der Waals surface area contributed by atoms with E-state index in [1.807, 2.05) is 12.4 Å². The van der Waals surface area contributed by atoms with Gasteiger partial charge in [0.25, 0.3) is 0 Å². The Bertz CT molecular complexity index is 470. The zero-order valence-corrected chi connectivity index (χ0v) is 12.9. The van der Waals surface area contributed by atoms with Crippen molar-refractivity contribution in [2.24, 2.45) is 0 Å². The summed E-state index contributed by atoms with van der Waals surface area (Å²) in [7, 11) is 0. The van der Waals surface area contributed by atoms with Gasteiger partial charge in [0.2, 0.25) is 0 Å². The van der Waals surface area contributed by atoms with Gasteiger partial charge in [-0.05, 0) is 0 Å². The number of allylic oxidation sites excluding steroid dienone is 2. The van der Waals surface area contributed by atoms with E-state index in [0.29, 0.717) is 6.10 Å². The molecule has 0 saturated heterocycles. The Morgan fingerprint density at radius 1 is 1.47 bits per heavy atom. The molecule has 15 heavy (non-hydrogen) atoms. The molecule has 2 aliphatic rings. The number of fused-ring (bicyclic) bond motifs is 3. The van der Waals surface area contributed by atoms with Crippen LogP contribution in [0.2, 0.25) is 0 Å². The van der Waals surface area contributed by atoms with Gasteiger partial charge in [-0.1, -0.05) is 0 Å². The van der Waals surface area contributed by atoms with Crippen molar-refractivity contribution in [3.8, 4) is 0 Å². The van der Waals surface area contributed by atoms with E-state index in [4.69, 9.17) is 2.81 Å². The average Bonchev–Trinajstić information content (AvgIpc) is 2.29. The van der Waals surface area contributed by atoms with E-state index in [2.05, 4.69) is 39.1 Å². The summed E-state index contributed by atoms with van der Waals surface area (Å²) in [5, 5.41) is 0. The summed E-state index contributed by atoms with van der Waals surface area (Å²) in [5.41, 5.74) is 2.67. The number of aromatic nitrogens is 1. The minimum absolute atomic E-state index is 0.304. The van der Waals surface area contributed by atoms with Crippen LogP contribution in [0.1, 0.15) is 12.0 Å². The van der Waals surface area contributed by atoms with E-state index in [-0.39, 0.29) is 0 Å². The zero-order valence-electron chi connectivity index (χ0n) is 7.85. The Balaban J connectivity index is 2.21. The molecular weight excluding hydrogens is 451 g/mol. The molecule has 1 aromatic rings. The van der Waals surface area contributed by atoms with Crippen LogP contribution < -0.4 is 3.27 Å². The third-order valence-corrected chi connectivity index (χ3v) is 6.64. The molecule has 0 amide bonds. The Hall–Kier alpha value is -0.0469. The predicted octanol–water partition coefficient (Wildman–Crippen LogP) is 1.83. The molecule has 1 atom stereocenters. The molecule has 1 radical (unpaired) electrons. The average molecular weight is 459 g/mol. The van der Waals surface area contributed by atoms with E-state index >= 15 is 0 Å². The molecule has 75 valence electrons. The molecule has 1 aliphatic heterocycles. The third kappa shape index (κ3) is 1.73. The first-order valence-electron chi connectivity index (χ1n) is 4.74. The second-order valence-corrected chi connectivity index (χ2v) is 7.74. The van der Waals surface area contributed by atoms with Crippen molar-refractivity contribution < 1.29 is 2.81 Å². The fraction of sp³-hybridized carbons (Fsp3) is 0.182. The summed E-state index contributed by atoms with van der Waals surface area (Å²) in [4.78, 5) is 4.21. The van der Waals surface area contributed by atoms with Gasteiger partial charge in [-0.25, -0.2) is 0 Å². The zero-order chi connectivity index (χ0) is 10.3.